The number of nitrogens with zero attached hydrogens (tertiary/aromatic N) is 5. The van der Waals surface area contributed by atoms with Gasteiger partial charge in [-0.1, -0.05) is 0 Å². The minimum atomic E-state index is -2.46. The molecule has 0 saturated carbocycles. The molecule has 0 radical (unpaired) electrons. The number of thiazole rings is 1. The Morgan fingerprint density at radius 1 is 1.06 bits per heavy atom. The van der Waals surface area contributed by atoms with E-state index in [9.17, 15) is 0 Å². The van der Waals surface area contributed by atoms with Crippen LogP contribution >= 0.6 is 23.1 Å². The van der Waals surface area contributed by atoms with Gasteiger partial charge in [0.15, 0.2) is 0 Å². The number of thioether (sulfide) groups is 1. The Morgan fingerprint density at radius 3 is 2.14 bits per heavy atom. The molecule has 0 N–H and O–H groups in total. The van der Waals surface area contributed by atoms with Crippen LogP contribution in [0.5, 0.6) is 0 Å². The van der Waals surface area contributed by atoms with Crippen molar-refractivity contribution in [2.24, 2.45) is 5.11 Å². The zero-order chi connectivity index (χ0) is 26.4. The summed E-state index contributed by atoms with van der Waals surface area (Å²) in [6.45, 7) is 14.2. The number of azide groups is 1. The Kier molecular flexibility index (Phi) is 14.9. The van der Waals surface area contributed by atoms with E-state index >= 15 is 0 Å². The number of fused-ring (bicyclic) bond motifs is 1. The molecule has 2 aromatic rings. The normalized spacial score (nSPS) is 13.3. The predicted molar refractivity (Wildman–Crippen MR) is 164 cm³/mol. The van der Waals surface area contributed by atoms with Crippen molar-refractivity contribution in [2.75, 3.05) is 12.3 Å². The Hall–Kier alpha value is -0.194. The zero-order valence-electron chi connectivity index (χ0n) is 23.6. The molecule has 0 aromatic carbocycles. The number of aromatic nitrogens is 2. The summed E-state index contributed by atoms with van der Waals surface area (Å²) in [5, 5.41) is 5.00. The van der Waals surface area contributed by atoms with Gasteiger partial charge in [-0.15, -0.1) is 0 Å². The third-order valence-corrected chi connectivity index (χ3v) is 33.0. The van der Waals surface area contributed by atoms with Gasteiger partial charge in [-0.3, -0.25) is 0 Å². The van der Waals surface area contributed by atoms with Gasteiger partial charge in [0.25, 0.3) is 0 Å². The first-order valence-electron chi connectivity index (χ1n) is 14.2. The summed E-state index contributed by atoms with van der Waals surface area (Å²) in [6, 6.07) is 3.30. The van der Waals surface area contributed by atoms with Gasteiger partial charge < -0.3 is 0 Å². The monoisotopic (exact) mass is 659 g/mol. The first kappa shape index (κ1) is 32.0. The average Bonchev–Trinajstić information content (AvgIpc) is 3.50. The van der Waals surface area contributed by atoms with E-state index in [0.29, 0.717) is 6.54 Å². The van der Waals surface area contributed by atoms with Gasteiger partial charge in [0.05, 0.1) is 0 Å². The molecular formula is C26H49N5OS2SiSn. The topological polar surface area (TPSA) is 75.3 Å². The molecule has 0 unspecified atom stereocenters. The number of hydrogen-bond acceptors (Lipinski definition) is 5. The zero-order valence-corrected chi connectivity index (χ0v) is 29.1. The third-order valence-electron chi connectivity index (χ3n) is 7.83. The standard InChI is InChI=1S/C14H22N5OS2Si.3C4H9.Sn/c1-4-23(5-2,6-3)20-12(9-17-18-15)10-22-13-14-19(11-16-13)7-8-21-14;3*1-3-4-2;/h7,11-12H,4-6,9-10H2,1-3H3;3*1,3-4H2,2H3;/t12-;;;;/m1..../s1. The predicted octanol–water partition coefficient (Wildman–Crippen LogP) is 9.24. The fraction of sp³-hybridized carbons (Fsp3) is 0.808. The molecule has 2 heterocycles. The summed E-state index contributed by atoms with van der Waals surface area (Å²) >= 11 is 1.37. The molecule has 0 aliphatic carbocycles. The summed E-state index contributed by atoms with van der Waals surface area (Å²) in [5.74, 6) is 0.781. The minimum absolute atomic E-state index is 0.0504. The van der Waals surface area contributed by atoms with E-state index in [4.69, 9.17) is 14.9 Å². The van der Waals surface area contributed by atoms with Gasteiger partial charge in [0, 0.05) is 0 Å². The second-order valence-electron chi connectivity index (χ2n) is 10.2. The molecule has 0 bridgehead atoms. The van der Waals surface area contributed by atoms with Crippen LogP contribution in [0.4, 0.5) is 0 Å². The van der Waals surface area contributed by atoms with Crippen molar-refractivity contribution in [3.8, 4) is 0 Å². The van der Waals surface area contributed by atoms with Gasteiger partial charge in [0.2, 0.25) is 0 Å². The van der Waals surface area contributed by atoms with Gasteiger partial charge in [-0.2, -0.15) is 0 Å². The molecule has 0 saturated heterocycles. The van der Waals surface area contributed by atoms with Crippen molar-refractivity contribution in [3.63, 3.8) is 0 Å². The summed E-state index contributed by atoms with van der Waals surface area (Å²) in [5.41, 5.74) is 8.94. The SMILES string of the molecule is CCC[CH2][Sn]([CH2]CCC)([CH2]CCC)[c]1cn2cnc(SC[C@@H](CN=[N+]=[N-])O[Si](CC)(CC)CC)c2s1. The van der Waals surface area contributed by atoms with E-state index in [-0.39, 0.29) is 6.10 Å². The molecule has 6 nitrogen and oxygen atoms in total. The molecule has 36 heavy (non-hydrogen) atoms. The van der Waals surface area contributed by atoms with Crippen molar-refractivity contribution < 1.29 is 4.43 Å². The van der Waals surface area contributed by atoms with Crippen LogP contribution in [0.25, 0.3) is 15.3 Å². The van der Waals surface area contributed by atoms with Gasteiger partial charge in [-0.05, 0) is 0 Å². The second kappa shape index (κ2) is 16.7. The number of rotatable bonds is 20. The van der Waals surface area contributed by atoms with Crippen LogP contribution in [0.15, 0.2) is 22.7 Å². The van der Waals surface area contributed by atoms with E-state index in [0.717, 1.165) is 28.9 Å². The molecule has 1 atom stereocenters. The molecule has 0 amide bonds. The Bertz CT molecular complexity index is 912. The number of imidazole rings is 1. The number of hydrogen-bond donors (Lipinski definition) is 0. The molecule has 0 aliphatic rings. The van der Waals surface area contributed by atoms with E-state index in [1.165, 1.54) is 56.7 Å². The van der Waals surface area contributed by atoms with Gasteiger partial charge >= 0.3 is 234 Å². The fourth-order valence-electron chi connectivity index (χ4n) is 5.19. The van der Waals surface area contributed by atoms with Crippen molar-refractivity contribution in [1.82, 2.24) is 9.38 Å². The van der Waals surface area contributed by atoms with E-state index in [1.807, 2.05) is 17.7 Å². The quantitative estimate of drug-likeness (QED) is 0.0468. The average molecular weight is 659 g/mol. The molecule has 2 rings (SSSR count). The van der Waals surface area contributed by atoms with Crippen LogP contribution in [0.1, 0.15) is 80.1 Å². The molecular weight excluding hydrogens is 609 g/mol. The summed E-state index contributed by atoms with van der Waals surface area (Å²) in [4.78, 5) is 9.11. The van der Waals surface area contributed by atoms with Crippen molar-refractivity contribution in [1.29, 1.82) is 0 Å². The van der Waals surface area contributed by atoms with E-state index in [1.54, 1.807) is 14.7 Å². The molecule has 0 fully saturated rings. The number of unbranched alkanes of at least 4 members (excludes halogenated alkanes) is 3. The van der Waals surface area contributed by atoms with Crippen molar-refractivity contribution in [3.05, 3.63) is 23.0 Å². The van der Waals surface area contributed by atoms with Gasteiger partial charge in [-0.25, -0.2) is 0 Å². The van der Waals surface area contributed by atoms with Crippen LogP contribution < -0.4 is 2.89 Å². The third kappa shape index (κ3) is 8.66. The van der Waals surface area contributed by atoms with Crippen molar-refractivity contribution >= 4 is 57.5 Å². The Morgan fingerprint density at radius 2 is 1.64 bits per heavy atom. The van der Waals surface area contributed by atoms with E-state index < -0.39 is 26.7 Å². The summed E-state index contributed by atoms with van der Waals surface area (Å²) in [7, 11) is -1.78. The molecule has 10 heteroatoms. The molecule has 0 aliphatic heterocycles. The van der Waals surface area contributed by atoms with Crippen LogP contribution in [-0.2, 0) is 4.43 Å². The first-order chi connectivity index (χ1) is 17.5. The second-order valence-corrected chi connectivity index (χ2v) is 31.1. The van der Waals surface area contributed by atoms with Gasteiger partial charge in [0.1, 0.15) is 0 Å². The maximum absolute atomic E-state index is 8.94. The molecule has 0 spiro atoms. The Balaban J connectivity index is 2.30. The van der Waals surface area contributed by atoms with Crippen LogP contribution in [-0.4, -0.2) is 54.5 Å². The van der Waals surface area contributed by atoms with E-state index in [2.05, 4.69) is 62.2 Å². The summed E-state index contributed by atoms with van der Waals surface area (Å²) < 4.78 is 15.2. The maximum atomic E-state index is 8.94. The Labute approximate surface area is 233 Å². The molecule has 204 valence electrons. The first-order valence-corrected chi connectivity index (χ1v) is 26.1. The fourth-order valence-corrected chi connectivity index (χ4v) is 29.3. The van der Waals surface area contributed by atoms with Crippen molar-refractivity contribution in [2.45, 2.75) is 123 Å². The van der Waals surface area contributed by atoms with Crippen LogP contribution in [0.2, 0.25) is 31.4 Å². The van der Waals surface area contributed by atoms with Crippen LogP contribution in [0.3, 0.4) is 0 Å². The molecule has 2 aromatic heterocycles. The van der Waals surface area contributed by atoms with Crippen LogP contribution in [0, 0.1) is 0 Å². The summed E-state index contributed by atoms with van der Waals surface area (Å²) in [6.07, 6.45) is 12.5.